The number of carbonyl (C=O) groups is 1. The van der Waals surface area contributed by atoms with E-state index in [0.717, 1.165) is 12.8 Å². The van der Waals surface area contributed by atoms with Crippen LogP contribution in [0, 0.1) is 5.82 Å². The molecule has 1 aliphatic heterocycles. The number of amides is 1. The lowest BCUT2D eigenvalue weighted by Crippen LogP contribution is -2.41. The number of ether oxygens (including phenoxy) is 2. The predicted octanol–water partition coefficient (Wildman–Crippen LogP) is 1.52. The topological polar surface area (TPSA) is 73.6 Å². The molecule has 2 rings (SSSR count). The molecule has 1 aromatic rings. The zero-order chi connectivity index (χ0) is 15.2. The maximum Gasteiger partial charge on any atom is 0.258 e. The molecular formula is C15H21FN2O3. The highest BCUT2D eigenvalue weighted by atomic mass is 19.1. The van der Waals surface area contributed by atoms with Gasteiger partial charge in [0.15, 0.2) is 6.61 Å². The first kappa shape index (κ1) is 15.7. The lowest BCUT2D eigenvalue weighted by molar-refractivity contribution is -0.124. The van der Waals surface area contributed by atoms with E-state index in [9.17, 15) is 9.18 Å². The Hall–Kier alpha value is -1.66. The van der Waals surface area contributed by atoms with E-state index in [1.54, 1.807) is 13.0 Å². The van der Waals surface area contributed by atoms with Gasteiger partial charge in [-0.2, -0.15) is 0 Å². The van der Waals surface area contributed by atoms with Crippen LogP contribution in [0.3, 0.4) is 0 Å². The average molecular weight is 296 g/mol. The molecule has 0 spiro atoms. The molecule has 1 aromatic carbocycles. The van der Waals surface area contributed by atoms with Crippen LogP contribution in [0.25, 0.3) is 0 Å². The van der Waals surface area contributed by atoms with Crippen LogP contribution < -0.4 is 15.8 Å². The second-order valence-electron chi connectivity index (χ2n) is 5.21. The van der Waals surface area contributed by atoms with E-state index in [4.69, 9.17) is 15.2 Å². The third-order valence-electron chi connectivity index (χ3n) is 3.41. The minimum atomic E-state index is -0.417. The summed E-state index contributed by atoms with van der Waals surface area (Å²) in [5, 5.41) is 2.88. The SMILES string of the molecule is C[C@@H](N)c1ccc(F)cc1OCC(=O)NC1CCOCC1. The molecular weight excluding hydrogens is 275 g/mol. The standard InChI is InChI=1S/C15H21FN2O3/c1-10(17)13-3-2-11(16)8-14(13)21-9-15(19)18-12-4-6-20-7-5-12/h2-3,8,10,12H,4-7,9,17H2,1H3,(H,18,19)/t10-/m1/s1. The second-order valence-corrected chi connectivity index (χ2v) is 5.21. The van der Waals surface area contributed by atoms with Crippen LogP contribution in [0.5, 0.6) is 5.75 Å². The molecule has 0 unspecified atom stereocenters. The highest BCUT2D eigenvalue weighted by molar-refractivity contribution is 5.77. The third kappa shape index (κ3) is 4.68. The molecule has 0 radical (unpaired) electrons. The fraction of sp³-hybridized carbons (Fsp3) is 0.533. The van der Waals surface area contributed by atoms with Crippen molar-refractivity contribution in [3.8, 4) is 5.75 Å². The average Bonchev–Trinajstić information content (AvgIpc) is 2.46. The summed E-state index contributed by atoms with van der Waals surface area (Å²) in [6, 6.07) is 3.98. The molecule has 0 aromatic heterocycles. The van der Waals surface area contributed by atoms with Crippen LogP contribution in [-0.2, 0) is 9.53 Å². The van der Waals surface area contributed by atoms with Gasteiger partial charge in [-0.3, -0.25) is 4.79 Å². The smallest absolute Gasteiger partial charge is 0.258 e. The van der Waals surface area contributed by atoms with Gasteiger partial charge in [-0.15, -0.1) is 0 Å². The Balaban J connectivity index is 1.89. The molecule has 3 N–H and O–H groups in total. The maximum atomic E-state index is 13.3. The molecule has 1 aliphatic rings. The number of hydrogen-bond acceptors (Lipinski definition) is 4. The molecule has 5 nitrogen and oxygen atoms in total. The van der Waals surface area contributed by atoms with Gasteiger partial charge in [-0.05, 0) is 25.8 Å². The monoisotopic (exact) mass is 296 g/mol. The number of nitrogens with one attached hydrogen (secondary N) is 1. The van der Waals surface area contributed by atoms with Gasteiger partial charge in [-0.1, -0.05) is 6.07 Å². The Labute approximate surface area is 123 Å². The van der Waals surface area contributed by atoms with Crippen LogP contribution in [0.15, 0.2) is 18.2 Å². The van der Waals surface area contributed by atoms with E-state index in [1.807, 2.05) is 0 Å². The largest absolute Gasteiger partial charge is 0.483 e. The zero-order valence-electron chi connectivity index (χ0n) is 12.1. The first-order valence-corrected chi connectivity index (χ1v) is 7.11. The normalized spacial score (nSPS) is 17.3. The van der Waals surface area contributed by atoms with Crippen molar-refractivity contribution in [2.45, 2.75) is 31.8 Å². The highest BCUT2D eigenvalue weighted by Crippen LogP contribution is 2.24. The van der Waals surface area contributed by atoms with Gasteiger partial charge in [0, 0.05) is 36.9 Å². The lowest BCUT2D eigenvalue weighted by atomic mass is 10.1. The molecule has 0 aliphatic carbocycles. The predicted molar refractivity (Wildman–Crippen MR) is 76.5 cm³/mol. The van der Waals surface area contributed by atoms with E-state index in [1.165, 1.54) is 12.1 Å². The van der Waals surface area contributed by atoms with Crippen LogP contribution in [0.1, 0.15) is 31.4 Å². The Bertz CT molecular complexity index is 488. The zero-order valence-corrected chi connectivity index (χ0v) is 12.1. The summed E-state index contributed by atoms with van der Waals surface area (Å²) in [6.07, 6.45) is 1.60. The maximum absolute atomic E-state index is 13.3. The minimum absolute atomic E-state index is 0.121. The Kier molecular flexibility index (Phi) is 5.52. The Morgan fingerprint density at radius 1 is 1.52 bits per heavy atom. The van der Waals surface area contributed by atoms with E-state index in [0.29, 0.717) is 24.5 Å². The summed E-state index contributed by atoms with van der Waals surface area (Å²) >= 11 is 0. The molecule has 6 heteroatoms. The van der Waals surface area contributed by atoms with E-state index < -0.39 is 5.82 Å². The number of benzene rings is 1. The lowest BCUT2D eigenvalue weighted by Gasteiger charge is -2.23. The van der Waals surface area contributed by atoms with Crippen LogP contribution in [0.2, 0.25) is 0 Å². The van der Waals surface area contributed by atoms with Crippen LogP contribution in [0.4, 0.5) is 4.39 Å². The molecule has 0 saturated carbocycles. The Morgan fingerprint density at radius 2 is 2.24 bits per heavy atom. The van der Waals surface area contributed by atoms with Crippen molar-refractivity contribution < 1.29 is 18.7 Å². The Morgan fingerprint density at radius 3 is 2.90 bits per heavy atom. The van der Waals surface area contributed by atoms with E-state index in [2.05, 4.69) is 5.32 Å². The van der Waals surface area contributed by atoms with Gasteiger partial charge >= 0.3 is 0 Å². The summed E-state index contributed by atoms with van der Waals surface area (Å²) in [4.78, 5) is 11.8. The summed E-state index contributed by atoms with van der Waals surface area (Å²) in [6.45, 7) is 2.94. The van der Waals surface area contributed by atoms with Crippen molar-refractivity contribution in [1.29, 1.82) is 0 Å². The third-order valence-corrected chi connectivity index (χ3v) is 3.41. The number of hydrogen-bond donors (Lipinski definition) is 2. The van der Waals surface area contributed by atoms with Crippen molar-refractivity contribution in [1.82, 2.24) is 5.32 Å². The first-order valence-electron chi connectivity index (χ1n) is 7.11. The molecule has 1 fully saturated rings. The van der Waals surface area contributed by atoms with E-state index in [-0.39, 0.29) is 24.6 Å². The fourth-order valence-electron chi connectivity index (χ4n) is 2.26. The summed E-state index contributed by atoms with van der Waals surface area (Å²) in [5.74, 6) is -0.326. The molecule has 1 amide bonds. The summed E-state index contributed by atoms with van der Waals surface area (Å²) in [5.41, 5.74) is 6.48. The summed E-state index contributed by atoms with van der Waals surface area (Å²) in [7, 11) is 0. The van der Waals surface area contributed by atoms with Crippen molar-refractivity contribution in [3.05, 3.63) is 29.6 Å². The van der Waals surface area contributed by atoms with Gasteiger partial charge in [0.05, 0.1) is 0 Å². The molecule has 0 bridgehead atoms. The number of rotatable bonds is 5. The van der Waals surface area contributed by atoms with E-state index >= 15 is 0 Å². The quantitative estimate of drug-likeness (QED) is 0.864. The van der Waals surface area contributed by atoms with Gasteiger partial charge in [0.2, 0.25) is 0 Å². The van der Waals surface area contributed by atoms with Crippen molar-refractivity contribution in [2.24, 2.45) is 5.73 Å². The minimum Gasteiger partial charge on any atom is -0.483 e. The van der Waals surface area contributed by atoms with Gasteiger partial charge in [0.25, 0.3) is 5.91 Å². The van der Waals surface area contributed by atoms with Crippen molar-refractivity contribution in [2.75, 3.05) is 19.8 Å². The number of nitrogens with two attached hydrogens (primary N) is 1. The fourth-order valence-corrected chi connectivity index (χ4v) is 2.26. The van der Waals surface area contributed by atoms with Gasteiger partial charge in [0.1, 0.15) is 11.6 Å². The van der Waals surface area contributed by atoms with Crippen LogP contribution in [-0.4, -0.2) is 31.8 Å². The molecule has 21 heavy (non-hydrogen) atoms. The molecule has 1 heterocycles. The number of carbonyl (C=O) groups excluding carboxylic acids is 1. The molecule has 116 valence electrons. The van der Waals surface area contributed by atoms with Gasteiger partial charge < -0.3 is 20.5 Å². The molecule has 1 atom stereocenters. The van der Waals surface area contributed by atoms with Crippen molar-refractivity contribution in [3.63, 3.8) is 0 Å². The van der Waals surface area contributed by atoms with Gasteiger partial charge in [-0.25, -0.2) is 4.39 Å². The summed E-state index contributed by atoms with van der Waals surface area (Å²) < 4.78 is 23.9. The van der Waals surface area contributed by atoms with Crippen LogP contribution >= 0.6 is 0 Å². The number of halogens is 1. The molecule has 1 saturated heterocycles. The highest BCUT2D eigenvalue weighted by Gasteiger charge is 2.17. The first-order chi connectivity index (χ1) is 10.1. The second kappa shape index (κ2) is 7.38. The van der Waals surface area contributed by atoms with Crippen molar-refractivity contribution >= 4 is 5.91 Å².